The van der Waals surface area contributed by atoms with Crippen molar-refractivity contribution < 1.29 is 43.3 Å². The number of primary amides is 1. The highest BCUT2D eigenvalue weighted by atomic mass is 16.6. The number of anilines is 2. The maximum absolute atomic E-state index is 12.4. The number of ether oxygens (including phenoxy) is 3. The van der Waals surface area contributed by atoms with Crippen LogP contribution in [0.15, 0.2) is 42.5 Å². The number of hydrogen-bond donors (Lipinski definition) is 5. The summed E-state index contributed by atoms with van der Waals surface area (Å²) in [5.41, 5.74) is 15.3. The van der Waals surface area contributed by atoms with Gasteiger partial charge in [0, 0.05) is 23.4 Å². The fraction of sp³-hybridized carbons (Fsp3) is 0.393. The van der Waals surface area contributed by atoms with Crippen LogP contribution in [0.2, 0.25) is 0 Å². The molecule has 0 saturated heterocycles. The number of esters is 3. The monoisotopic (exact) mass is 574 g/mol. The topological polar surface area (TPSA) is 223 Å². The molecule has 2 aromatic carbocycles. The van der Waals surface area contributed by atoms with Crippen molar-refractivity contribution in [2.75, 3.05) is 11.5 Å². The summed E-state index contributed by atoms with van der Waals surface area (Å²) in [6.07, 6.45) is -1.46. The molecule has 0 aliphatic heterocycles. The van der Waals surface area contributed by atoms with Gasteiger partial charge in [-0.05, 0) is 90.4 Å². The number of nitrogens with two attached hydrogens (primary N) is 3. The average Bonchev–Trinajstić information content (AvgIpc) is 2.81. The number of benzene rings is 2. The first-order valence-electron chi connectivity index (χ1n) is 12.5. The number of nitrogens with one attached hydrogen (secondary N) is 1. The Kier molecular flexibility index (Phi) is 12.1. The number of amides is 2. The number of carbonyl (C=O) groups excluding carboxylic acids is 5. The fourth-order valence-electron chi connectivity index (χ4n) is 2.91. The van der Waals surface area contributed by atoms with Gasteiger partial charge < -0.3 is 41.8 Å². The third kappa shape index (κ3) is 13.7. The third-order valence-corrected chi connectivity index (χ3v) is 4.66. The van der Waals surface area contributed by atoms with Gasteiger partial charge in [-0.15, -0.1) is 0 Å². The molecule has 0 spiro atoms. The quantitative estimate of drug-likeness (QED) is 0.106. The van der Waals surface area contributed by atoms with Gasteiger partial charge in [-0.1, -0.05) is 0 Å². The predicted octanol–water partition coefficient (Wildman–Crippen LogP) is 3.04. The van der Waals surface area contributed by atoms with Crippen LogP contribution in [0.1, 0.15) is 75.1 Å². The number of carbonyl (C=O) groups is 5. The number of rotatable bonds is 7. The van der Waals surface area contributed by atoms with Crippen LogP contribution in [0, 0.1) is 0 Å². The van der Waals surface area contributed by atoms with Crippen LogP contribution in [0.4, 0.5) is 16.2 Å². The van der Waals surface area contributed by atoms with Gasteiger partial charge in [0.05, 0.1) is 0 Å². The van der Waals surface area contributed by atoms with Crippen molar-refractivity contribution >= 4 is 41.3 Å². The lowest BCUT2D eigenvalue weighted by Crippen LogP contribution is -2.46. The first kappa shape index (κ1) is 34.2. The summed E-state index contributed by atoms with van der Waals surface area (Å²) >= 11 is 0. The summed E-state index contributed by atoms with van der Waals surface area (Å²) in [4.78, 5) is 59.2. The summed E-state index contributed by atoms with van der Waals surface area (Å²) in [6, 6.07) is 8.99. The first-order chi connectivity index (χ1) is 18.8. The minimum absolute atomic E-state index is 0.198. The molecule has 2 rings (SSSR count). The number of alkyl carbamates (subject to hydrolysis) is 1. The Morgan fingerprint density at radius 2 is 1.39 bits per heavy atom. The van der Waals surface area contributed by atoms with Crippen molar-refractivity contribution in [2.24, 2.45) is 5.73 Å². The van der Waals surface area contributed by atoms with Crippen molar-refractivity contribution in [3.63, 3.8) is 0 Å². The van der Waals surface area contributed by atoms with Crippen molar-refractivity contribution in [1.82, 2.24) is 5.32 Å². The standard InChI is InChI=1S/C21H30N2O8.C7H8N2O/c1-20(2,3)30-18(27)14(23-19(28)31-21(4,5)6)8-10-16(25)29-17(26)13-11-12(22)7-9-15(13)24;8-6-3-1-5(2-4-6)7(9)10/h7,9,11,14,24H,8,10,22H2,1-6H3,(H,23,28);1-4H,8H2,(H2,9,10). The molecule has 0 aliphatic rings. The lowest BCUT2D eigenvalue weighted by molar-refractivity contribution is -0.157. The van der Waals surface area contributed by atoms with E-state index in [1.807, 2.05) is 0 Å². The van der Waals surface area contributed by atoms with Gasteiger partial charge in [0.25, 0.3) is 0 Å². The zero-order chi connectivity index (χ0) is 31.5. The van der Waals surface area contributed by atoms with E-state index in [1.54, 1.807) is 65.8 Å². The molecule has 1 unspecified atom stereocenters. The van der Waals surface area contributed by atoms with Crippen LogP contribution >= 0.6 is 0 Å². The maximum atomic E-state index is 12.4. The summed E-state index contributed by atoms with van der Waals surface area (Å²) in [6.45, 7) is 9.93. The van der Waals surface area contributed by atoms with Crippen LogP contribution in [-0.4, -0.2) is 52.3 Å². The van der Waals surface area contributed by atoms with E-state index in [9.17, 15) is 29.1 Å². The van der Waals surface area contributed by atoms with Gasteiger partial charge in [0.15, 0.2) is 0 Å². The number of aromatic hydroxyl groups is 1. The van der Waals surface area contributed by atoms with Gasteiger partial charge in [-0.2, -0.15) is 0 Å². The summed E-state index contributed by atoms with van der Waals surface area (Å²) in [7, 11) is 0. The molecule has 41 heavy (non-hydrogen) atoms. The number of phenols is 1. The molecule has 0 radical (unpaired) electrons. The minimum atomic E-state index is -1.21. The van der Waals surface area contributed by atoms with Crippen molar-refractivity contribution in [3.8, 4) is 5.75 Å². The second-order valence-electron chi connectivity index (χ2n) is 10.8. The second-order valence-corrected chi connectivity index (χ2v) is 10.8. The summed E-state index contributed by atoms with van der Waals surface area (Å²) < 4.78 is 15.1. The zero-order valence-corrected chi connectivity index (χ0v) is 24.0. The highest BCUT2D eigenvalue weighted by Gasteiger charge is 2.30. The molecule has 8 N–H and O–H groups in total. The molecule has 0 heterocycles. The van der Waals surface area contributed by atoms with Gasteiger partial charge in [-0.25, -0.2) is 14.4 Å². The van der Waals surface area contributed by atoms with E-state index >= 15 is 0 Å². The van der Waals surface area contributed by atoms with E-state index in [0.29, 0.717) is 11.3 Å². The van der Waals surface area contributed by atoms with E-state index in [2.05, 4.69) is 5.32 Å². The largest absolute Gasteiger partial charge is 0.507 e. The number of phenolic OH excluding ortho intramolecular Hbond substituents is 1. The molecule has 1 atom stereocenters. The van der Waals surface area contributed by atoms with Crippen LogP contribution < -0.4 is 22.5 Å². The Bertz CT molecular complexity index is 1250. The molecular weight excluding hydrogens is 536 g/mol. The minimum Gasteiger partial charge on any atom is -0.507 e. The number of nitrogen functional groups attached to an aromatic ring is 2. The Morgan fingerprint density at radius 3 is 1.90 bits per heavy atom. The highest BCUT2D eigenvalue weighted by molar-refractivity contribution is 5.99. The Labute approximate surface area is 238 Å². The molecule has 0 aromatic heterocycles. The van der Waals surface area contributed by atoms with Gasteiger partial charge >= 0.3 is 24.0 Å². The fourth-order valence-corrected chi connectivity index (χ4v) is 2.91. The Balaban J connectivity index is 0.000000702. The average molecular weight is 575 g/mol. The van der Waals surface area contributed by atoms with Crippen LogP contribution in [0.25, 0.3) is 0 Å². The highest BCUT2D eigenvalue weighted by Crippen LogP contribution is 2.21. The summed E-state index contributed by atoms with van der Waals surface area (Å²) in [5, 5.41) is 12.1. The molecule has 224 valence electrons. The predicted molar refractivity (Wildman–Crippen MR) is 151 cm³/mol. The van der Waals surface area contributed by atoms with E-state index in [0.717, 1.165) is 0 Å². The Hall–Kier alpha value is -4.81. The second kappa shape index (κ2) is 14.5. The molecule has 0 saturated carbocycles. The van der Waals surface area contributed by atoms with Crippen LogP contribution in [0.3, 0.4) is 0 Å². The molecule has 0 aliphatic carbocycles. The Morgan fingerprint density at radius 1 is 0.854 bits per heavy atom. The van der Waals surface area contributed by atoms with Gasteiger partial charge in [0.2, 0.25) is 5.91 Å². The molecule has 2 amide bonds. The van der Waals surface area contributed by atoms with Gasteiger partial charge in [0.1, 0.15) is 28.6 Å². The lowest BCUT2D eigenvalue weighted by atomic mass is 10.1. The molecule has 13 nitrogen and oxygen atoms in total. The smallest absolute Gasteiger partial charge is 0.408 e. The lowest BCUT2D eigenvalue weighted by Gasteiger charge is -2.26. The molecule has 2 aromatic rings. The zero-order valence-electron chi connectivity index (χ0n) is 24.0. The summed E-state index contributed by atoms with van der Waals surface area (Å²) in [5.74, 6) is -3.66. The molecule has 0 fully saturated rings. The van der Waals surface area contributed by atoms with E-state index in [-0.39, 0.29) is 17.7 Å². The van der Waals surface area contributed by atoms with Gasteiger partial charge in [-0.3, -0.25) is 9.59 Å². The van der Waals surface area contributed by atoms with E-state index in [1.165, 1.54) is 18.2 Å². The normalized spacial score (nSPS) is 11.7. The molecular formula is C28H38N4O9. The molecule has 0 bridgehead atoms. The number of hydrogen-bond acceptors (Lipinski definition) is 11. The first-order valence-corrected chi connectivity index (χ1v) is 12.5. The van der Waals surface area contributed by atoms with Crippen LogP contribution in [0.5, 0.6) is 5.75 Å². The molecule has 13 heteroatoms. The van der Waals surface area contributed by atoms with Crippen molar-refractivity contribution in [1.29, 1.82) is 0 Å². The van der Waals surface area contributed by atoms with Crippen molar-refractivity contribution in [3.05, 3.63) is 53.6 Å². The van der Waals surface area contributed by atoms with Crippen LogP contribution in [-0.2, 0) is 23.8 Å². The SMILES string of the molecule is CC(C)(C)OC(=O)NC(CCC(=O)OC(=O)c1cc(N)ccc1O)C(=O)OC(C)(C)C.NC(=O)c1ccc(N)cc1. The van der Waals surface area contributed by atoms with E-state index < -0.39 is 59.3 Å². The third-order valence-electron chi connectivity index (χ3n) is 4.66. The maximum Gasteiger partial charge on any atom is 0.408 e. The van der Waals surface area contributed by atoms with E-state index in [4.69, 9.17) is 31.4 Å². The van der Waals surface area contributed by atoms with Crippen molar-refractivity contribution in [2.45, 2.75) is 71.6 Å².